The van der Waals surface area contributed by atoms with Gasteiger partial charge in [0.2, 0.25) is 0 Å². The summed E-state index contributed by atoms with van der Waals surface area (Å²) in [5.74, 6) is 0.977. The van der Waals surface area contributed by atoms with E-state index in [-0.39, 0.29) is 6.04 Å². The van der Waals surface area contributed by atoms with Crippen molar-refractivity contribution in [2.75, 3.05) is 7.05 Å². The van der Waals surface area contributed by atoms with Gasteiger partial charge in [0.15, 0.2) is 0 Å². The fourth-order valence-electron chi connectivity index (χ4n) is 2.61. The average Bonchev–Trinajstić information content (AvgIpc) is 3.26. The molecule has 2 aromatic carbocycles. The zero-order chi connectivity index (χ0) is 14.8. The number of hydrogen-bond acceptors (Lipinski definition) is 2. The Morgan fingerprint density at radius 1 is 1.19 bits per heavy atom. The Morgan fingerprint density at radius 2 is 2.00 bits per heavy atom. The number of aryl methyl sites for hydroxylation is 1. The molecule has 1 saturated carbocycles. The van der Waals surface area contributed by atoms with Crippen LogP contribution in [0.25, 0.3) is 0 Å². The lowest BCUT2D eigenvalue weighted by Gasteiger charge is -2.20. The van der Waals surface area contributed by atoms with Crippen molar-refractivity contribution >= 4 is 15.9 Å². The van der Waals surface area contributed by atoms with Gasteiger partial charge < -0.3 is 10.1 Å². The lowest BCUT2D eigenvalue weighted by molar-refractivity contribution is 0.302. The van der Waals surface area contributed by atoms with Gasteiger partial charge in [0.1, 0.15) is 5.75 Å². The molecule has 0 saturated heterocycles. The van der Waals surface area contributed by atoms with E-state index in [1.807, 2.05) is 13.1 Å². The zero-order valence-corrected chi connectivity index (χ0v) is 14.0. The van der Waals surface area contributed by atoms with Crippen LogP contribution in [0.1, 0.15) is 35.6 Å². The highest BCUT2D eigenvalue weighted by atomic mass is 79.9. The summed E-state index contributed by atoms with van der Waals surface area (Å²) in [5, 5.41) is 3.42. The third-order valence-corrected chi connectivity index (χ3v) is 4.34. The Kier molecular flexibility index (Phi) is 4.32. The molecular weight excluding hydrogens is 326 g/mol. The van der Waals surface area contributed by atoms with Gasteiger partial charge in [-0.05, 0) is 67.8 Å². The van der Waals surface area contributed by atoms with E-state index in [0.717, 1.165) is 10.2 Å². The van der Waals surface area contributed by atoms with Gasteiger partial charge in [0.05, 0.1) is 12.1 Å². The quantitative estimate of drug-likeness (QED) is 0.854. The number of benzene rings is 2. The molecule has 21 heavy (non-hydrogen) atoms. The van der Waals surface area contributed by atoms with Gasteiger partial charge in [0.25, 0.3) is 0 Å². The fourth-order valence-corrected chi connectivity index (χ4v) is 3.09. The molecule has 1 unspecified atom stereocenters. The molecule has 1 aliphatic carbocycles. The largest absolute Gasteiger partial charge is 0.490 e. The lowest BCUT2D eigenvalue weighted by atomic mass is 9.95. The first-order valence-corrected chi connectivity index (χ1v) is 8.16. The van der Waals surface area contributed by atoms with Crippen LogP contribution in [0.2, 0.25) is 0 Å². The minimum atomic E-state index is 0.181. The number of hydrogen-bond donors (Lipinski definition) is 1. The number of halogens is 1. The van der Waals surface area contributed by atoms with Gasteiger partial charge in [-0.3, -0.25) is 0 Å². The summed E-state index contributed by atoms with van der Waals surface area (Å²) in [6.45, 7) is 2.15. The predicted octanol–water partition coefficient (Wildman–Crippen LogP) is 4.61. The number of ether oxygens (including phenoxy) is 1. The van der Waals surface area contributed by atoms with E-state index in [9.17, 15) is 0 Å². The summed E-state index contributed by atoms with van der Waals surface area (Å²) in [6.07, 6.45) is 2.81. The molecule has 2 nitrogen and oxygen atoms in total. The van der Waals surface area contributed by atoms with Gasteiger partial charge in [-0.1, -0.05) is 34.1 Å². The van der Waals surface area contributed by atoms with Crippen LogP contribution in [0.5, 0.6) is 5.75 Å². The number of nitrogens with one attached hydrogen (secondary N) is 1. The van der Waals surface area contributed by atoms with E-state index in [2.05, 4.69) is 64.6 Å². The van der Waals surface area contributed by atoms with Crippen LogP contribution in [0.15, 0.2) is 46.9 Å². The van der Waals surface area contributed by atoms with Gasteiger partial charge in [-0.15, -0.1) is 0 Å². The molecule has 0 aliphatic heterocycles. The molecular formula is C18H20BrNO. The molecule has 0 heterocycles. The lowest BCUT2D eigenvalue weighted by Crippen LogP contribution is -2.18. The highest BCUT2D eigenvalue weighted by Gasteiger charge is 2.24. The predicted molar refractivity (Wildman–Crippen MR) is 89.9 cm³/mol. The first-order valence-electron chi connectivity index (χ1n) is 7.37. The molecule has 110 valence electrons. The third-order valence-electron chi connectivity index (χ3n) is 3.85. The molecule has 3 rings (SSSR count). The zero-order valence-electron chi connectivity index (χ0n) is 12.4. The van der Waals surface area contributed by atoms with Crippen molar-refractivity contribution in [2.45, 2.75) is 31.9 Å². The summed E-state index contributed by atoms with van der Waals surface area (Å²) in [5.41, 5.74) is 3.81. The van der Waals surface area contributed by atoms with E-state index in [1.54, 1.807) is 0 Å². The van der Waals surface area contributed by atoms with Crippen molar-refractivity contribution in [1.29, 1.82) is 0 Å². The van der Waals surface area contributed by atoms with Crippen LogP contribution in [-0.4, -0.2) is 13.2 Å². The normalized spacial score (nSPS) is 15.8. The monoisotopic (exact) mass is 345 g/mol. The second kappa shape index (κ2) is 6.20. The first-order chi connectivity index (χ1) is 10.2. The molecule has 0 spiro atoms. The van der Waals surface area contributed by atoms with Gasteiger partial charge >= 0.3 is 0 Å². The smallest absolute Gasteiger partial charge is 0.120 e. The second-order valence-electron chi connectivity index (χ2n) is 5.61. The fraction of sp³-hybridized carbons (Fsp3) is 0.333. The third kappa shape index (κ3) is 3.47. The van der Waals surface area contributed by atoms with E-state index in [1.165, 1.54) is 29.5 Å². The maximum Gasteiger partial charge on any atom is 0.120 e. The van der Waals surface area contributed by atoms with Crippen molar-refractivity contribution in [3.8, 4) is 5.75 Å². The Bertz CT molecular complexity index is 637. The molecule has 0 amide bonds. The van der Waals surface area contributed by atoms with Crippen molar-refractivity contribution in [3.63, 3.8) is 0 Å². The average molecular weight is 346 g/mol. The minimum Gasteiger partial charge on any atom is -0.490 e. The van der Waals surface area contributed by atoms with Crippen LogP contribution in [0.3, 0.4) is 0 Å². The summed E-state index contributed by atoms with van der Waals surface area (Å²) in [4.78, 5) is 0. The second-order valence-corrected chi connectivity index (χ2v) is 6.53. The molecule has 0 bridgehead atoms. The highest BCUT2D eigenvalue weighted by Crippen LogP contribution is 2.31. The molecule has 1 atom stereocenters. The molecule has 2 aromatic rings. The van der Waals surface area contributed by atoms with Crippen molar-refractivity contribution in [2.24, 2.45) is 0 Å². The minimum absolute atomic E-state index is 0.181. The Morgan fingerprint density at radius 3 is 2.67 bits per heavy atom. The summed E-state index contributed by atoms with van der Waals surface area (Å²) in [7, 11) is 2.00. The number of rotatable bonds is 5. The molecule has 1 N–H and O–H groups in total. The summed E-state index contributed by atoms with van der Waals surface area (Å²) >= 11 is 3.53. The molecule has 0 radical (unpaired) electrons. The van der Waals surface area contributed by atoms with Crippen LogP contribution in [0.4, 0.5) is 0 Å². The van der Waals surface area contributed by atoms with Crippen LogP contribution in [-0.2, 0) is 0 Å². The van der Waals surface area contributed by atoms with Crippen LogP contribution >= 0.6 is 15.9 Å². The Labute approximate surface area is 134 Å². The van der Waals surface area contributed by atoms with Gasteiger partial charge in [-0.25, -0.2) is 0 Å². The molecule has 1 aliphatic rings. The van der Waals surface area contributed by atoms with Crippen LogP contribution in [0, 0.1) is 6.92 Å². The summed E-state index contributed by atoms with van der Waals surface area (Å²) in [6, 6.07) is 15.0. The maximum atomic E-state index is 5.91. The topological polar surface area (TPSA) is 21.3 Å². The molecule has 1 fully saturated rings. The SMILES string of the molecule is CNC(c1cccc(OC2CC2)c1)c1ccc(Br)cc1C. The molecule has 3 heteroatoms. The van der Waals surface area contributed by atoms with E-state index in [4.69, 9.17) is 4.74 Å². The van der Waals surface area contributed by atoms with Crippen molar-refractivity contribution < 1.29 is 4.74 Å². The van der Waals surface area contributed by atoms with Gasteiger partial charge in [-0.2, -0.15) is 0 Å². The van der Waals surface area contributed by atoms with E-state index >= 15 is 0 Å². The standard InChI is InChI=1S/C18H20BrNO/c1-12-10-14(19)6-9-17(12)18(20-2)13-4-3-5-16(11-13)21-15-7-8-15/h3-6,9-11,15,18,20H,7-8H2,1-2H3. The van der Waals surface area contributed by atoms with Crippen molar-refractivity contribution in [1.82, 2.24) is 5.32 Å². The molecule has 0 aromatic heterocycles. The van der Waals surface area contributed by atoms with E-state index in [0.29, 0.717) is 6.10 Å². The first kappa shape index (κ1) is 14.6. The van der Waals surface area contributed by atoms with Crippen molar-refractivity contribution in [3.05, 3.63) is 63.6 Å². The Hall–Kier alpha value is -1.32. The van der Waals surface area contributed by atoms with Gasteiger partial charge in [0, 0.05) is 4.47 Å². The highest BCUT2D eigenvalue weighted by molar-refractivity contribution is 9.10. The maximum absolute atomic E-state index is 5.91. The summed E-state index contributed by atoms with van der Waals surface area (Å²) < 4.78 is 7.03. The Balaban J connectivity index is 1.91. The van der Waals surface area contributed by atoms with E-state index < -0.39 is 0 Å². The van der Waals surface area contributed by atoms with Crippen LogP contribution < -0.4 is 10.1 Å².